The number of carboxylic acid groups (broad SMARTS) is 1. The average molecular weight is 272 g/mol. The highest BCUT2D eigenvalue weighted by Crippen LogP contribution is 2.29. The monoisotopic (exact) mass is 272 g/mol. The van der Waals surface area contributed by atoms with Gasteiger partial charge < -0.3 is 5.11 Å². The number of benzene rings is 2. The molecule has 1 N–H and O–H groups in total. The molecule has 3 heteroatoms. The molecule has 2 nitrogen and oxygen atoms in total. The summed E-state index contributed by atoms with van der Waals surface area (Å²) in [6, 6.07) is 13.5. The van der Waals surface area contributed by atoms with E-state index in [2.05, 4.69) is 0 Å². The molecule has 0 saturated carbocycles. The molecular weight excluding hydrogens is 255 g/mol. The molecule has 0 bridgehead atoms. The summed E-state index contributed by atoms with van der Waals surface area (Å²) in [6.07, 6.45) is 0.327. The molecule has 1 unspecified atom stereocenters. The van der Waals surface area contributed by atoms with Crippen LogP contribution in [-0.4, -0.2) is 11.1 Å². The van der Waals surface area contributed by atoms with E-state index in [1.165, 1.54) is 12.1 Å². The van der Waals surface area contributed by atoms with E-state index < -0.39 is 17.2 Å². The van der Waals surface area contributed by atoms with E-state index in [0.717, 1.165) is 11.1 Å². The van der Waals surface area contributed by atoms with Crippen molar-refractivity contribution < 1.29 is 14.3 Å². The minimum absolute atomic E-state index is 0.327. The Hall–Kier alpha value is -2.16. The van der Waals surface area contributed by atoms with Gasteiger partial charge in [0.05, 0.1) is 5.41 Å². The molecular formula is C17H17FO2. The Morgan fingerprint density at radius 2 is 1.90 bits per heavy atom. The molecule has 20 heavy (non-hydrogen) atoms. The molecule has 0 radical (unpaired) electrons. The van der Waals surface area contributed by atoms with Crippen LogP contribution in [0.1, 0.15) is 23.6 Å². The minimum Gasteiger partial charge on any atom is -0.481 e. The lowest BCUT2D eigenvalue weighted by molar-refractivity contribution is -0.143. The van der Waals surface area contributed by atoms with Crippen molar-refractivity contribution in [2.45, 2.75) is 25.7 Å². The molecule has 1 atom stereocenters. The highest BCUT2D eigenvalue weighted by molar-refractivity contribution is 5.81. The summed E-state index contributed by atoms with van der Waals surface area (Å²) in [5.74, 6) is -1.37. The zero-order chi connectivity index (χ0) is 14.8. The second kappa shape index (κ2) is 5.45. The molecule has 2 aromatic carbocycles. The molecule has 0 aliphatic rings. The van der Waals surface area contributed by atoms with Crippen LogP contribution < -0.4 is 0 Å². The molecule has 0 spiro atoms. The largest absolute Gasteiger partial charge is 0.481 e. The Morgan fingerprint density at radius 3 is 2.50 bits per heavy atom. The van der Waals surface area contributed by atoms with E-state index in [4.69, 9.17) is 0 Å². The predicted octanol–water partition coefficient (Wildman–Crippen LogP) is 3.72. The van der Waals surface area contributed by atoms with Gasteiger partial charge in [-0.05, 0) is 43.5 Å². The maximum atomic E-state index is 13.4. The lowest BCUT2D eigenvalue weighted by Crippen LogP contribution is -2.35. The standard InChI is InChI=1S/C17H17FO2/c1-12-5-3-6-13(9-12)11-17(2,16(19)20)14-7-4-8-15(18)10-14/h3-10H,11H2,1-2H3,(H,19,20). The van der Waals surface area contributed by atoms with Crippen molar-refractivity contribution >= 4 is 5.97 Å². The molecule has 2 aromatic rings. The fourth-order valence-corrected chi connectivity index (χ4v) is 2.36. The number of carboxylic acids is 1. The summed E-state index contributed by atoms with van der Waals surface area (Å²) in [6.45, 7) is 3.59. The molecule has 0 amide bonds. The Balaban J connectivity index is 2.42. The molecule has 2 rings (SSSR count). The van der Waals surface area contributed by atoms with E-state index in [0.29, 0.717) is 12.0 Å². The number of halogens is 1. The number of carbonyl (C=O) groups is 1. The molecule has 0 aromatic heterocycles. The van der Waals surface area contributed by atoms with Crippen LogP contribution in [0.15, 0.2) is 48.5 Å². The maximum absolute atomic E-state index is 13.4. The van der Waals surface area contributed by atoms with Crippen LogP contribution in [0, 0.1) is 12.7 Å². The topological polar surface area (TPSA) is 37.3 Å². The average Bonchev–Trinajstić information content (AvgIpc) is 2.38. The van der Waals surface area contributed by atoms with E-state index in [-0.39, 0.29) is 0 Å². The Morgan fingerprint density at radius 1 is 1.20 bits per heavy atom. The van der Waals surface area contributed by atoms with Gasteiger partial charge in [-0.1, -0.05) is 42.0 Å². The van der Waals surface area contributed by atoms with E-state index in [1.807, 2.05) is 31.2 Å². The Labute approximate surface area is 117 Å². The van der Waals surface area contributed by atoms with Crippen LogP contribution in [0.4, 0.5) is 4.39 Å². The molecule has 0 heterocycles. The van der Waals surface area contributed by atoms with Crippen molar-refractivity contribution in [2.75, 3.05) is 0 Å². The normalized spacial score (nSPS) is 13.8. The van der Waals surface area contributed by atoms with Crippen LogP contribution >= 0.6 is 0 Å². The fraction of sp³-hybridized carbons (Fsp3) is 0.235. The minimum atomic E-state index is -1.14. The van der Waals surface area contributed by atoms with Crippen LogP contribution in [0.25, 0.3) is 0 Å². The second-order valence-electron chi connectivity index (χ2n) is 5.31. The van der Waals surface area contributed by atoms with Crippen LogP contribution in [-0.2, 0) is 16.6 Å². The summed E-state index contributed by atoms with van der Waals surface area (Å²) in [5, 5.41) is 9.59. The summed E-state index contributed by atoms with van der Waals surface area (Å²) < 4.78 is 13.4. The molecule has 0 fully saturated rings. The summed E-state index contributed by atoms with van der Waals surface area (Å²) in [4.78, 5) is 11.7. The van der Waals surface area contributed by atoms with Gasteiger partial charge in [0, 0.05) is 0 Å². The molecule has 0 aliphatic carbocycles. The van der Waals surface area contributed by atoms with Gasteiger partial charge >= 0.3 is 5.97 Å². The predicted molar refractivity (Wildman–Crippen MR) is 76.3 cm³/mol. The first-order chi connectivity index (χ1) is 9.41. The summed E-state index contributed by atoms with van der Waals surface area (Å²) in [7, 11) is 0. The lowest BCUT2D eigenvalue weighted by atomic mass is 9.77. The first-order valence-electron chi connectivity index (χ1n) is 6.47. The third kappa shape index (κ3) is 2.87. The SMILES string of the molecule is Cc1cccc(CC(C)(C(=O)O)c2cccc(F)c2)c1. The molecule has 0 aliphatic heterocycles. The van der Waals surface area contributed by atoms with Crippen molar-refractivity contribution in [3.05, 3.63) is 71.0 Å². The Kier molecular flexibility index (Phi) is 3.89. The van der Waals surface area contributed by atoms with Gasteiger partial charge in [-0.2, -0.15) is 0 Å². The number of rotatable bonds is 4. The van der Waals surface area contributed by atoms with Gasteiger partial charge in [-0.3, -0.25) is 4.79 Å². The van der Waals surface area contributed by atoms with Gasteiger partial charge in [-0.25, -0.2) is 4.39 Å². The highest BCUT2D eigenvalue weighted by Gasteiger charge is 2.35. The third-order valence-electron chi connectivity index (χ3n) is 3.57. The van der Waals surface area contributed by atoms with Gasteiger partial charge in [0.15, 0.2) is 0 Å². The highest BCUT2D eigenvalue weighted by atomic mass is 19.1. The van der Waals surface area contributed by atoms with E-state index in [1.54, 1.807) is 19.1 Å². The molecule has 0 saturated heterocycles. The first-order valence-corrected chi connectivity index (χ1v) is 6.47. The number of hydrogen-bond donors (Lipinski definition) is 1. The zero-order valence-corrected chi connectivity index (χ0v) is 11.6. The number of aliphatic carboxylic acids is 1. The van der Waals surface area contributed by atoms with Crippen molar-refractivity contribution in [3.63, 3.8) is 0 Å². The van der Waals surface area contributed by atoms with Crippen molar-refractivity contribution in [3.8, 4) is 0 Å². The lowest BCUT2D eigenvalue weighted by Gasteiger charge is -2.25. The fourth-order valence-electron chi connectivity index (χ4n) is 2.36. The smallest absolute Gasteiger partial charge is 0.314 e. The van der Waals surface area contributed by atoms with E-state index >= 15 is 0 Å². The third-order valence-corrected chi connectivity index (χ3v) is 3.57. The van der Waals surface area contributed by atoms with Crippen molar-refractivity contribution in [2.24, 2.45) is 0 Å². The summed E-state index contributed by atoms with van der Waals surface area (Å²) >= 11 is 0. The Bertz CT molecular complexity index is 636. The van der Waals surface area contributed by atoms with Crippen molar-refractivity contribution in [1.29, 1.82) is 0 Å². The molecule has 104 valence electrons. The maximum Gasteiger partial charge on any atom is 0.314 e. The quantitative estimate of drug-likeness (QED) is 0.921. The van der Waals surface area contributed by atoms with Crippen LogP contribution in [0.2, 0.25) is 0 Å². The van der Waals surface area contributed by atoms with Crippen LogP contribution in [0.3, 0.4) is 0 Å². The van der Waals surface area contributed by atoms with Gasteiger partial charge in [0.25, 0.3) is 0 Å². The zero-order valence-electron chi connectivity index (χ0n) is 11.6. The van der Waals surface area contributed by atoms with Crippen LogP contribution in [0.5, 0.6) is 0 Å². The van der Waals surface area contributed by atoms with Gasteiger partial charge in [0.1, 0.15) is 5.82 Å². The number of hydrogen-bond acceptors (Lipinski definition) is 1. The van der Waals surface area contributed by atoms with E-state index in [9.17, 15) is 14.3 Å². The second-order valence-corrected chi connectivity index (χ2v) is 5.31. The summed E-state index contributed by atoms with van der Waals surface area (Å²) in [5.41, 5.74) is 1.34. The number of aryl methyl sites for hydroxylation is 1. The van der Waals surface area contributed by atoms with Crippen molar-refractivity contribution in [1.82, 2.24) is 0 Å². The first kappa shape index (κ1) is 14.3. The van der Waals surface area contributed by atoms with Gasteiger partial charge in [-0.15, -0.1) is 0 Å². The van der Waals surface area contributed by atoms with Gasteiger partial charge in [0.2, 0.25) is 0 Å².